The Bertz CT molecular complexity index is 584. The first-order chi connectivity index (χ1) is 11.0. The van der Waals surface area contributed by atoms with Crippen LogP contribution in [0.15, 0.2) is 30.5 Å². The summed E-state index contributed by atoms with van der Waals surface area (Å²) >= 11 is 0. The van der Waals surface area contributed by atoms with Crippen LogP contribution in [0, 0.1) is 0 Å². The summed E-state index contributed by atoms with van der Waals surface area (Å²) in [6.07, 6.45) is 8.21. The molecule has 6 heteroatoms. The van der Waals surface area contributed by atoms with Crippen LogP contribution in [0.5, 0.6) is 0 Å². The Kier molecular flexibility index (Phi) is 5.87. The summed E-state index contributed by atoms with van der Waals surface area (Å²) in [6.45, 7) is 1.27. The monoisotopic (exact) mass is 318 g/mol. The van der Waals surface area contributed by atoms with Crippen LogP contribution in [0.1, 0.15) is 36.4 Å². The number of nitrogens with zero attached hydrogens (tertiary/aromatic N) is 2. The lowest BCUT2D eigenvalue weighted by Crippen LogP contribution is -2.44. The minimum Gasteiger partial charge on any atom is -0.478 e. The molecule has 2 N–H and O–H groups in total. The van der Waals surface area contributed by atoms with Crippen molar-refractivity contribution in [3.05, 3.63) is 41.7 Å². The average molecular weight is 318 g/mol. The molecule has 0 saturated carbocycles. The van der Waals surface area contributed by atoms with Crippen LogP contribution < -0.4 is 0 Å². The number of likely N-dealkylation sites (tertiary alicyclic amines) is 1. The molecular weight excluding hydrogens is 296 g/mol. The number of aliphatic carboxylic acids is 2. The largest absolute Gasteiger partial charge is 0.478 e. The van der Waals surface area contributed by atoms with Gasteiger partial charge >= 0.3 is 11.9 Å². The van der Waals surface area contributed by atoms with Crippen LogP contribution in [0.2, 0.25) is 0 Å². The molecule has 0 radical (unpaired) electrons. The molecule has 23 heavy (non-hydrogen) atoms. The predicted molar refractivity (Wildman–Crippen MR) is 85.4 cm³/mol. The van der Waals surface area contributed by atoms with Crippen LogP contribution in [0.4, 0.5) is 0 Å². The number of likely N-dealkylation sites (N-methyl/N-ethyl adjacent to an activating group) is 1. The Labute approximate surface area is 135 Å². The van der Waals surface area contributed by atoms with E-state index in [0.717, 1.165) is 12.0 Å². The highest BCUT2D eigenvalue weighted by atomic mass is 16.4. The van der Waals surface area contributed by atoms with E-state index in [1.807, 2.05) is 6.20 Å². The molecule has 124 valence electrons. The number of carboxylic acid groups (broad SMARTS) is 2. The molecule has 1 aromatic rings. The Morgan fingerprint density at radius 1 is 1.26 bits per heavy atom. The van der Waals surface area contributed by atoms with Gasteiger partial charge in [-0.25, -0.2) is 9.59 Å². The van der Waals surface area contributed by atoms with Gasteiger partial charge in [-0.15, -0.1) is 0 Å². The fourth-order valence-corrected chi connectivity index (χ4v) is 3.43. The fourth-order valence-electron chi connectivity index (χ4n) is 3.43. The number of hydrogen-bond donors (Lipinski definition) is 2. The number of fused-ring (bicyclic) bond motifs is 3. The molecule has 0 amide bonds. The van der Waals surface area contributed by atoms with E-state index in [4.69, 9.17) is 10.2 Å². The zero-order chi connectivity index (χ0) is 16.8. The summed E-state index contributed by atoms with van der Waals surface area (Å²) in [6, 6.07) is 5.16. The molecule has 1 aromatic heterocycles. The maximum Gasteiger partial charge on any atom is 0.328 e. The van der Waals surface area contributed by atoms with E-state index < -0.39 is 11.9 Å². The number of aryl methyl sites for hydroxylation is 1. The van der Waals surface area contributed by atoms with Crippen molar-refractivity contribution in [1.82, 2.24) is 9.88 Å². The Morgan fingerprint density at radius 3 is 2.61 bits per heavy atom. The third-order valence-electron chi connectivity index (χ3n) is 4.43. The topological polar surface area (TPSA) is 90.7 Å². The van der Waals surface area contributed by atoms with Crippen molar-refractivity contribution >= 4 is 11.9 Å². The summed E-state index contributed by atoms with van der Waals surface area (Å²) in [7, 11) is 2.28. The number of carbonyl (C=O) groups is 2. The van der Waals surface area contributed by atoms with E-state index in [1.165, 1.54) is 43.5 Å². The van der Waals surface area contributed by atoms with E-state index >= 15 is 0 Å². The van der Waals surface area contributed by atoms with Gasteiger partial charge in [0.2, 0.25) is 0 Å². The van der Waals surface area contributed by atoms with E-state index in [0.29, 0.717) is 12.2 Å². The zero-order valence-electron chi connectivity index (χ0n) is 13.2. The molecule has 2 heterocycles. The van der Waals surface area contributed by atoms with E-state index in [1.54, 1.807) is 0 Å². The van der Waals surface area contributed by atoms with Crippen LogP contribution in [-0.4, -0.2) is 51.7 Å². The standard InChI is InChI=1S/C13H18N2.C4H4O4/c1-15-9-3-5-11-10-4-2-8-14-12(10)6-7-13(11)15;5-3(6)1-2-4(7)8/h2,4,8,11,13H,3,5-7,9H2,1H3;1-2H,(H,5,6)(H,7,8)/b;2-1-/t11-,13+;/m1./s1. The molecule has 3 rings (SSSR count). The predicted octanol–water partition coefficient (Wildman–Crippen LogP) is 1.92. The Morgan fingerprint density at radius 2 is 1.96 bits per heavy atom. The molecular formula is C17H22N2O4. The number of pyridine rings is 1. The van der Waals surface area contributed by atoms with Gasteiger partial charge in [0.1, 0.15) is 0 Å². The summed E-state index contributed by atoms with van der Waals surface area (Å²) in [5.41, 5.74) is 2.88. The number of rotatable bonds is 2. The molecule has 1 saturated heterocycles. The van der Waals surface area contributed by atoms with Gasteiger partial charge in [-0.2, -0.15) is 0 Å². The maximum absolute atomic E-state index is 9.55. The van der Waals surface area contributed by atoms with Crippen molar-refractivity contribution in [2.75, 3.05) is 13.6 Å². The van der Waals surface area contributed by atoms with Crippen molar-refractivity contribution in [1.29, 1.82) is 0 Å². The number of carboxylic acids is 2. The molecule has 0 spiro atoms. The summed E-state index contributed by atoms with van der Waals surface area (Å²) in [4.78, 5) is 26.2. The van der Waals surface area contributed by atoms with Crippen molar-refractivity contribution < 1.29 is 19.8 Å². The van der Waals surface area contributed by atoms with Gasteiger partial charge in [-0.3, -0.25) is 4.98 Å². The molecule has 6 nitrogen and oxygen atoms in total. The summed E-state index contributed by atoms with van der Waals surface area (Å²) in [5.74, 6) is -1.76. The second-order valence-electron chi connectivity index (χ2n) is 5.88. The molecule has 2 aliphatic rings. The molecule has 1 aliphatic heterocycles. The van der Waals surface area contributed by atoms with Gasteiger partial charge in [0, 0.05) is 36.0 Å². The molecule has 0 aromatic carbocycles. The van der Waals surface area contributed by atoms with E-state index in [-0.39, 0.29) is 0 Å². The lowest BCUT2D eigenvalue weighted by atomic mass is 9.76. The third-order valence-corrected chi connectivity index (χ3v) is 4.43. The zero-order valence-corrected chi connectivity index (χ0v) is 13.2. The summed E-state index contributed by atoms with van der Waals surface area (Å²) in [5, 5.41) is 15.6. The minimum atomic E-state index is -1.26. The second-order valence-corrected chi connectivity index (χ2v) is 5.88. The maximum atomic E-state index is 9.55. The smallest absolute Gasteiger partial charge is 0.328 e. The van der Waals surface area contributed by atoms with Crippen molar-refractivity contribution in [2.24, 2.45) is 0 Å². The normalized spacial score (nSPS) is 23.3. The highest BCUT2D eigenvalue weighted by Gasteiger charge is 2.34. The van der Waals surface area contributed by atoms with Crippen LogP contribution in [0.25, 0.3) is 0 Å². The SMILES string of the molecule is CN1CCC[C@@H]2c3cccnc3CC[C@@H]21.O=C(O)/C=C\C(=O)O. The Balaban J connectivity index is 0.000000207. The van der Waals surface area contributed by atoms with Crippen molar-refractivity contribution in [3.63, 3.8) is 0 Å². The number of hydrogen-bond acceptors (Lipinski definition) is 4. The minimum absolute atomic E-state index is 0.558. The van der Waals surface area contributed by atoms with Gasteiger partial charge in [0.15, 0.2) is 0 Å². The highest BCUT2D eigenvalue weighted by Crippen LogP contribution is 2.38. The molecule has 0 unspecified atom stereocenters. The van der Waals surface area contributed by atoms with Crippen LogP contribution in [-0.2, 0) is 16.0 Å². The summed E-state index contributed by atoms with van der Waals surface area (Å²) < 4.78 is 0. The molecule has 0 bridgehead atoms. The average Bonchev–Trinajstić information content (AvgIpc) is 2.54. The third kappa shape index (κ3) is 4.63. The lowest BCUT2D eigenvalue weighted by Gasteiger charge is -2.42. The first-order valence-electron chi connectivity index (χ1n) is 7.77. The first kappa shape index (κ1) is 17.1. The molecule has 1 aliphatic carbocycles. The fraction of sp³-hybridized carbons (Fsp3) is 0.471. The van der Waals surface area contributed by atoms with Gasteiger partial charge in [-0.05, 0) is 50.9 Å². The van der Waals surface area contributed by atoms with Crippen LogP contribution in [0.3, 0.4) is 0 Å². The highest BCUT2D eigenvalue weighted by molar-refractivity contribution is 5.89. The number of piperidine rings is 1. The van der Waals surface area contributed by atoms with Gasteiger partial charge in [-0.1, -0.05) is 6.07 Å². The van der Waals surface area contributed by atoms with Crippen molar-refractivity contribution in [2.45, 2.75) is 37.6 Å². The Hall–Kier alpha value is -2.21. The molecule has 2 atom stereocenters. The molecule has 1 fully saturated rings. The lowest BCUT2D eigenvalue weighted by molar-refractivity contribution is -0.134. The number of aromatic nitrogens is 1. The van der Waals surface area contributed by atoms with E-state index in [2.05, 4.69) is 29.1 Å². The van der Waals surface area contributed by atoms with Gasteiger partial charge in [0.05, 0.1) is 0 Å². The van der Waals surface area contributed by atoms with Crippen LogP contribution >= 0.6 is 0 Å². The first-order valence-corrected chi connectivity index (χ1v) is 7.77. The van der Waals surface area contributed by atoms with Gasteiger partial charge in [0.25, 0.3) is 0 Å². The van der Waals surface area contributed by atoms with Gasteiger partial charge < -0.3 is 15.1 Å². The van der Waals surface area contributed by atoms with E-state index in [9.17, 15) is 9.59 Å². The quantitative estimate of drug-likeness (QED) is 0.810. The second kappa shape index (κ2) is 7.87. The van der Waals surface area contributed by atoms with Crippen molar-refractivity contribution in [3.8, 4) is 0 Å².